The third-order valence-electron chi connectivity index (χ3n) is 3.35. The molecule has 0 spiro atoms. The van der Waals surface area contributed by atoms with Crippen LogP contribution in [0.25, 0.3) is 10.9 Å². The van der Waals surface area contributed by atoms with Gasteiger partial charge in [0.15, 0.2) is 0 Å². The standard InChI is InChI=1S/C13H17N3O/c17-11-1-2-12-10(8-15-13(12)7-11)9-16-5-3-14-4-6-16/h1-2,7-8,14-15,17H,3-6,9H2. The Balaban J connectivity index is 1.84. The number of aromatic nitrogens is 1. The summed E-state index contributed by atoms with van der Waals surface area (Å²) in [6.07, 6.45) is 2.05. The highest BCUT2D eigenvalue weighted by Crippen LogP contribution is 2.23. The Morgan fingerprint density at radius 1 is 1.24 bits per heavy atom. The van der Waals surface area contributed by atoms with E-state index in [-0.39, 0.29) is 0 Å². The molecule has 3 N–H and O–H groups in total. The van der Waals surface area contributed by atoms with E-state index < -0.39 is 0 Å². The number of phenolic OH excluding ortho intramolecular Hbond substituents is 1. The van der Waals surface area contributed by atoms with Crippen LogP contribution in [-0.4, -0.2) is 41.2 Å². The van der Waals surface area contributed by atoms with Gasteiger partial charge in [0, 0.05) is 55.9 Å². The van der Waals surface area contributed by atoms with E-state index in [1.807, 2.05) is 12.3 Å². The zero-order valence-corrected chi connectivity index (χ0v) is 9.74. The lowest BCUT2D eigenvalue weighted by Crippen LogP contribution is -2.42. The molecule has 2 heterocycles. The van der Waals surface area contributed by atoms with E-state index in [2.05, 4.69) is 15.2 Å². The van der Waals surface area contributed by atoms with Crippen LogP contribution >= 0.6 is 0 Å². The second-order valence-corrected chi connectivity index (χ2v) is 4.57. The zero-order chi connectivity index (χ0) is 11.7. The van der Waals surface area contributed by atoms with E-state index >= 15 is 0 Å². The highest BCUT2D eigenvalue weighted by Gasteiger charge is 2.12. The highest BCUT2D eigenvalue weighted by atomic mass is 16.3. The second kappa shape index (κ2) is 4.39. The van der Waals surface area contributed by atoms with E-state index in [0.717, 1.165) is 38.2 Å². The summed E-state index contributed by atoms with van der Waals surface area (Å²) < 4.78 is 0. The normalized spacial score (nSPS) is 17.6. The van der Waals surface area contributed by atoms with Gasteiger partial charge in [-0.3, -0.25) is 4.90 Å². The van der Waals surface area contributed by atoms with E-state index in [9.17, 15) is 5.11 Å². The predicted octanol–water partition coefficient (Wildman–Crippen LogP) is 1.28. The maximum Gasteiger partial charge on any atom is 0.117 e. The Morgan fingerprint density at radius 2 is 2.06 bits per heavy atom. The van der Waals surface area contributed by atoms with Gasteiger partial charge in [-0.1, -0.05) is 0 Å². The Morgan fingerprint density at radius 3 is 2.88 bits per heavy atom. The molecular weight excluding hydrogens is 214 g/mol. The zero-order valence-electron chi connectivity index (χ0n) is 9.74. The molecule has 3 rings (SSSR count). The first-order valence-electron chi connectivity index (χ1n) is 6.05. The minimum absolute atomic E-state index is 0.313. The number of rotatable bonds is 2. The molecule has 1 aromatic heterocycles. The molecule has 90 valence electrons. The summed E-state index contributed by atoms with van der Waals surface area (Å²) in [6, 6.07) is 5.51. The molecule has 1 aromatic carbocycles. The molecular formula is C13H17N3O. The van der Waals surface area contributed by atoms with Crippen molar-refractivity contribution in [2.24, 2.45) is 0 Å². The van der Waals surface area contributed by atoms with Gasteiger partial charge in [-0.05, 0) is 17.7 Å². The van der Waals surface area contributed by atoms with Gasteiger partial charge < -0.3 is 15.4 Å². The number of hydrogen-bond acceptors (Lipinski definition) is 3. The molecule has 0 bridgehead atoms. The van der Waals surface area contributed by atoms with E-state index in [1.165, 1.54) is 10.9 Å². The molecule has 17 heavy (non-hydrogen) atoms. The summed E-state index contributed by atoms with van der Waals surface area (Å²) in [5.41, 5.74) is 2.32. The van der Waals surface area contributed by atoms with Gasteiger partial charge in [0.1, 0.15) is 5.75 Å². The summed E-state index contributed by atoms with van der Waals surface area (Å²) in [6.45, 7) is 5.33. The number of H-pyrrole nitrogens is 1. The van der Waals surface area contributed by atoms with Crippen molar-refractivity contribution in [3.05, 3.63) is 30.0 Å². The fourth-order valence-electron chi connectivity index (χ4n) is 2.42. The monoisotopic (exact) mass is 231 g/mol. The van der Waals surface area contributed by atoms with Crippen LogP contribution < -0.4 is 5.32 Å². The maximum absolute atomic E-state index is 9.42. The second-order valence-electron chi connectivity index (χ2n) is 4.57. The van der Waals surface area contributed by atoms with Gasteiger partial charge in [-0.15, -0.1) is 0 Å². The van der Waals surface area contributed by atoms with Gasteiger partial charge in [0.2, 0.25) is 0 Å². The van der Waals surface area contributed by atoms with Gasteiger partial charge in [0.05, 0.1) is 0 Å². The molecule has 1 aliphatic rings. The van der Waals surface area contributed by atoms with Gasteiger partial charge in [-0.2, -0.15) is 0 Å². The number of nitrogens with one attached hydrogen (secondary N) is 2. The number of aromatic hydroxyl groups is 1. The molecule has 0 unspecified atom stereocenters. The topological polar surface area (TPSA) is 51.3 Å². The summed E-state index contributed by atoms with van der Waals surface area (Å²) >= 11 is 0. The molecule has 1 saturated heterocycles. The third kappa shape index (κ3) is 2.14. The van der Waals surface area contributed by atoms with E-state index in [0.29, 0.717) is 5.75 Å². The molecule has 4 nitrogen and oxygen atoms in total. The summed E-state index contributed by atoms with van der Waals surface area (Å²) in [4.78, 5) is 5.67. The molecule has 1 fully saturated rings. The largest absolute Gasteiger partial charge is 0.508 e. The number of piperazine rings is 1. The van der Waals surface area contributed by atoms with Crippen LogP contribution in [0.15, 0.2) is 24.4 Å². The molecule has 0 radical (unpaired) electrons. The maximum atomic E-state index is 9.42. The lowest BCUT2D eigenvalue weighted by Gasteiger charge is -2.26. The lowest BCUT2D eigenvalue weighted by atomic mass is 10.1. The number of fused-ring (bicyclic) bond motifs is 1. The fourth-order valence-corrected chi connectivity index (χ4v) is 2.42. The first kappa shape index (κ1) is 10.6. The van der Waals surface area contributed by atoms with Gasteiger partial charge in [-0.25, -0.2) is 0 Å². The number of nitrogens with zero attached hydrogens (tertiary/aromatic N) is 1. The molecule has 2 aromatic rings. The van der Waals surface area contributed by atoms with E-state index in [4.69, 9.17) is 0 Å². The molecule has 0 aliphatic carbocycles. The first-order valence-corrected chi connectivity index (χ1v) is 6.05. The number of benzene rings is 1. The number of phenols is 1. The average Bonchev–Trinajstić information content (AvgIpc) is 2.73. The molecule has 0 atom stereocenters. The van der Waals surface area contributed by atoms with Crippen LogP contribution in [0, 0.1) is 0 Å². The van der Waals surface area contributed by atoms with Crippen LogP contribution in [0.3, 0.4) is 0 Å². The van der Waals surface area contributed by atoms with Crippen LogP contribution in [0.5, 0.6) is 5.75 Å². The lowest BCUT2D eigenvalue weighted by molar-refractivity contribution is 0.234. The van der Waals surface area contributed by atoms with Crippen molar-refractivity contribution in [2.75, 3.05) is 26.2 Å². The summed E-state index contributed by atoms with van der Waals surface area (Å²) in [7, 11) is 0. The van der Waals surface area contributed by atoms with Crippen molar-refractivity contribution in [3.63, 3.8) is 0 Å². The van der Waals surface area contributed by atoms with Gasteiger partial charge in [0.25, 0.3) is 0 Å². The third-order valence-corrected chi connectivity index (χ3v) is 3.35. The van der Waals surface area contributed by atoms with Crippen LogP contribution in [-0.2, 0) is 6.54 Å². The SMILES string of the molecule is Oc1ccc2c(CN3CCNCC3)c[nH]c2c1. The molecule has 1 aliphatic heterocycles. The summed E-state index contributed by atoms with van der Waals surface area (Å²) in [5.74, 6) is 0.313. The Labute approximate surface area is 100 Å². The van der Waals surface area contributed by atoms with Crippen LogP contribution in [0.2, 0.25) is 0 Å². The Hall–Kier alpha value is -1.52. The van der Waals surface area contributed by atoms with Crippen molar-refractivity contribution in [1.82, 2.24) is 15.2 Å². The van der Waals surface area contributed by atoms with Crippen molar-refractivity contribution in [3.8, 4) is 5.75 Å². The quantitative estimate of drug-likeness (QED) is 0.729. The highest BCUT2D eigenvalue weighted by molar-refractivity contribution is 5.84. The van der Waals surface area contributed by atoms with Crippen molar-refractivity contribution in [2.45, 2.75) is 6.54 Å². The first-order chi connectivity index (χ1) is 8.33. The predicted molar refractivity (Wildman–Crippen MR) is 68.1 cm³/mol. The van der Waals surface area contributed by atoms with Crippen molar-refractivity contribution >= 4 is 10.9 Å². The van der Waals surface area contributed by atoms with E-state index in [1.54, 1.807) is 12.1 Å². The molecule has 4 heteroatoms. The van der Waals surface area contributed by atoms with Crippen LogP contribution in [0.1, 0.15) is 5.56 Å². The summed E-state index contributed by atoms with van der Waals surface area (Å²) in [5, 5.41) is 14.0. The molecule has 0 saturated carbocycles. The Bertz CT molecular complexity index is 514. The average molecular weight is 231 g/mol. The fraction of sp³-hybridized carbons (Fsp3) is 0.385. The van der Waals surface area contributed by atoms with Crippen molar-refractivity contribution in [1.29, 1.82) is 0 Å². The Kier molecular flexibility index (Phi) is 2.74. The minimum atomic E-state index is 0.313. The van der Waals surface area contributed by atoms with Crippen LogP contribution in [0.4, 0.5) is 0 Å². The molecule has 0 amide bonds. The smallest absolute Gasteiger partial charge is 0.117 e. The number of aromatic amines is 1. The minimum Gasteiger partial charge on any atom is -0.508 e. The van der Waals surface area contributed by atoms with Crippen molar-refractivity contribution < 1.29 is 5.11 Å². The number of hydrogen-bond donors (Lipinski definition) is 3. The van der Waals surface area contributed by atoms with Gasteiger partial charge >= 0.3 is 0 Å².